The lowest BCUT2D eigenvalue weighted by Crippen LogP contribution is -2.36. The zero-order valence-corrected chi connectivity index (χ0v) is 12.7. The molecule has 1 fully saturated rings. The third-order valence-corrected chi connectivity index (χ3v) is 4.26. The number of benzene rings is 1. The van der Waals surface area contributed by atoms with Gasteiger partial charge in [0.15, 0.2) is 0 Å². The number of rotatable bonds is 3. The van der Waals surface area contributed by atoms with Crippen LogP contribution in [0.1, 0.15) is 6.42 Å². The highest BCUT2D eigenvalue weighted by Crippen LogP contribution is 2.26. The molecule has 0 bridgehead atoms. The molecule has 0 radical (unpaired) electrons. The molecule has 6 nitrogen and oxygen atoms in total. The van der Waals surface area contributed by atoms with Gasteiger partial charge < -0.3 is 19.6 Å². The van der Waals surface area contributed by atoms with Crippen molar-refractivity contribution in [2.24, 2.45) is 0 Å². The molecule has 2 heterocycles. The highest BCUT2D eigenvalue weighted by molar-refractivity contribution is 5.83. The summed E-state index contributed by atoms with van der Waals surface area (Å²) in [5, 5.41) is 10.1. The summed E-state index contributed by atoms with van der Waals surface area (Å²) in [4.78, 5) is 19.1. The van der Waals surface area contributed by atoms with Crippen molar-refractivity contribution in [2.75, 3.05) is 32.1 Å². The SMILES string of the molecule is COc1ccc2ncc(N(C)[C@H]3CCN(C(=O)O)C3)cc2c1. The largest absolute Gasteiger partial charge is 0.497 e. The van der Waals surface area contributed by atoms with Gasteiger partial charge in [-0.1, -0.05) is 0 Å². The molecule has 0 unspecified atom stereocenters. The van der Waals surface area contributed by atoms with Crippen LogP contribution in [0, 0.1) is 0 Å². The maximum Gasteiger partial charge on any atom is 0.407 e. The van der Waals surface area contributed by atoms with E-state index in [1.165, 1.54) is 4.90 Å². The molecule has 0 spiro atoms. The third kappa shape index (κ3) is 2.64. The summed E-state index contributed by atoms with van der Waals surface area (Å²) in [6.45, 7) is 1.11. The van der Waals surface area contributed by atoms with Crippen LogP contribution in [0.5, 0.6) is 5.75 Å². The zero-order chi connectivity index (χ0) is 15.7. The minimum atomic E-state index is -0.850. The molecule has 1 aliphatic heterocycles. The predicted octanol–water partition coefficient (Wildman–Crippen LogP) is 2.43. The number of likely N-dealkylation sites (N-methyl/N-ethyl adjacent to an activating group) is 1. The molecule has 116 valence electrons. The van der Waals surface area contributed by atoms with Crippen LogP contribution in [0.25, 0.3) is 10.9 Å². The lowest BCUT2D eigenvalue weighted by molar-refractivity contribution is 0.155. The number of hydrogen-bond donors (Lipinski definition) is 1. The summed E-state index contributed by atoms with van der Waals surface area (Å²) in [7, 11) is 3.63. The number of ether oxygens (including phenoxy) is 1. The Bertz CT molecular complexity index is 704. The van der Waals surface area contributed by atoms with E-state index in [0.717, 1.165) is 28.8 Å². The van der Waals surface area contributed by atoms with Crippen LogP contribution in [-0.2, 0) is 0 Å². The minimum absolute atomic E-state index is 0.181. The number of hydrogen-bond acceptors (Lipinski definition) is 4. The summed E-state index contributed by atoms with van der Waals surface area (Å²) in [5.41, 5.74) is 1.90. The zero-order valence-electron chi connectivity index (χ0n) is 12.7. The maximum atomic E-state index is 11.0. The number of methoxy groups -OCH3 is 1. The van der Waals surface area contributed by atoms with E-state index < -0.39 is 6.09 Å². The average Bonchev–Trinajstić information content (AvgIpc) is 3.03. The number of nitrogens with zero attached hydrogens (tertiary/aromatic N) is 3. The first-order valence-electron chi connectivity index (χ1n) is 7.23. The van der Waals surface area contributed by atoms with Crippen LogP contribution in [0.4, 0.5) is 10.5 Å². The fourth-order valence-corrected chi connectivity index (χ4v) is 2.86. The Hall–Kier alpha value is -2.50. The van der Waals surface area contributed by atoms with Gasteiger partial charge in [-0.3, -0.25) is 4.98 Å². The van der Waals surface area contributed by atoms with E-state index in [0.29, 0.717) is 13.1 Å². The Kier molecular flexibility index (Phi) is 3.75. The highest BCUT2D eigenvalue weighted by Gasteiger charge is 2.28. The average molecular weight is 301 g/mol. The van der Waals surface area contributed by atoms with Gasteiger partial charge in [0.05, 0.1) is 24.5 Å². The lowest BCUT2D eigenvalue weighted by Gasteiger charge is -2.26. The molecule has 1 aromatic heterocycles. The van der Waals surface area contributed by atoms with Crippen molar-refractivity contribution in [1.29, 1.82) is 0 Å². The molecular formula is C16H19N3O3. The Morgan fingerprint density at radius 3 is 2.95 bits per heavy atom. The van der Waals surface area contributed by atoms with Gasteiger partial charge >= 0.3 is 6.09 Å². The van der Waals surface area contributed by atoms with Crippen molar-refractivity contribution >= 4 is 22.7 Å². The van der Waals surface area contributed by atoms with Crippen molar-refractivity contribution in [1.82, 2.24) is 9.88 Å². The number of pyridine rings is 1. The molecule has 2 aromatic rings. The monoisotopic (exact) mass is 301 g/mol. The molecule has 1 saturated heterocycles. The summed E-state index contributed by atoms with van der Waals surface area (Å²) in [6.07, 6.45) is 1.81. The molecule has 6 heteroatoms. The van der Waals surface area contributed by atoms with E-state index in [-0.39, 0.29) is 6.04 Å². The molecule has 1 amide bonds. The number of likely N-dealkylation sites (tertiary alicyclic amines) is 1. The van der Waals surface area contributed by atoms with Gasteiger partial charge in [0, 0.05) is 31.6 Å². The van der Waals surface area contributed by atoms with Crippen molar-refractivity contribution < 1.29 is 14.6 Å². The molecule has 22 heavy (non-hydrogen) atoms. The van der Waals surface area contributed by atoms with Crippen molar-refractivity contribution in [3.8, 4) is 5.75 Å². The molecule has 1 N–H and O–H groups in total. The van der Waals surface area contributed by atoms with Gasteiger partial charge in [-0.15, -0.1) is 0 Å². The Morgan fingerprint density at radius 2 is 2.27 bits per heavy atom. The van der Waals surface area contributed by atoms with Gasteiger partial charge in [-0.2, -0.15) is 0 Å². The second kappa shape index (κ2) is 5.71. The van der Waals surface area contributed by atoms with Gasteiger partial charge in [0.2, 0.25) is 0 Å². The topological polar surface area (TPSA) is 65.9 Å². The predicted molar refractivity (Wildman–Crippen MR) is 84.7 cm³/mol. The normalized spacial score (nSPS) is 17.7. The Labute approximate surface area is 128 Å². The van der Waals surface area contributed by atoms with Crippen LogP contribution in [0.15, 0.2) is 30.5 Å². The molecule has 3 rings (SSSR count). The Morgan fingerprint density at radius 1 is 1.45 bits per heavy atom. The number of anilines is 1. The van der Waals surface area contributed by atoms with Crippen LogP contribution in [-0.4, -0.2) is 54.4 Å². The Balaban J connectivity index is 1.84. The fourth-order valence-electron chi connectivity index (χ4n) is 2.86. The summed E-state index contributed by atoms with van der Waals surface area (Å²) < 4.78 is 5.25. The van der Waals surface area contributed by atoms with E-state index in [4.69, 9.17) is 9.84 Å². The van der Waals surface area contributed by atoms with E-state index >= 15 is 0 Å². The smallest absolute Gasteiger partial charge is 0.407 e. The number of carbonyl (C=O) groups is 1. The number of amides is 1. The van der Waals surface area contributed by atoms with Crippen LogP contribution in [0.3, 0.4) is 0 Å². The molecular weight excluding hydrogens is 282 g/mol. The van der Waals surface area contributed by atoms with Crippen LogP contribution < -0.4 is 9.64 Å². The minimum Gasteiger partial charge on any atom is -0.497 e. The van der Waals surface area contributed by atoms with E-state index in [1.807, 2.05) is 31.4 Å². The van der Waals surface area contributed by atoms with Crippen molar-refractivity contribution in [3.05, 3.63) is 30.5 Å². The second-order valence-corrected chi connectivity index (χ2v) is 5.53. The highest BCUT2D eigenvalue weighted by atomic mass is 16.5. The van der Waals surface area contributed by atoms with E-state index in [9.17, 15) is 4.79 Å². The van der Waals surface area contributed by atoms with Gasteiger partial charge in [0.25, 0.3) is 0 Å². The fraction of sp³-hybridized carbons (Fsp3) is 0.375. The standard InChI is InChI=1S/C16H19N3O3/c1-18(12-5-6-19(10-12)16(20)21)13-7-11-8-14(22-2)3-4-15(11)17-9-13/h3-4,7-9,12H,5-6,10H2,1-2H3,(H,20,21)/t12-/m0/s1. The van der Waals surface area contributed by atoms with Gasteiger partial charge in [0.1, 0.15) is 5.75 Å². The third-order valence-electron chi connectivity index (χ3n) is 4.26. The van der Waals surface area contributed by atoms with Gasteiger partial charge in [-0.05, 0) is 30.7 Å². The molecule has 1 aliphatic rings. The maximum absolute atomic E-state index is 11.0. The van der Waals surface area contributed by atoms with Crippen LogP contribution in [0.2, 0.25) is 0 Å². The van der Waals surface area contributed by atoms with Crippen molar-refractivity contribution in [2.45, 2.75) is 12.5 Å². The molecule has 1 aromatic carbocycles. The van der Waals surface area contributed by atoms with Gasteiger partial charge in [-0.25, -0.2) is 4.79 Å². The number of aromatic nitrogens is 1. The summed E-state index contributed by atoms with van der Waals surface area (Å²) in [5.74, 6) is 0.798. The number of carboxylic acid groups (broad SMARTS) is 1. The van der Waals surface area contributed by atoms with E-state index in [2.05, 4.69) is 16.0 Å². The first kappa shape index (κ1) is 14.4. The number of fused-ring (bicyclic) bond motifs is 1. The summed E-state index contributed by atoms with van der Waals surface area (Å²) in [6, 6.07) is 8.02. The first-order valence-corrected chi connectivity index (χ1v) is 7.23. The van der Waals surface area contributed by atoms with E-state index in [1.54, 1.807) is 7.11 Å². The van der Waals surface area contributed by atoms with Crippen LogP contribution >= 0.6 is 0 Å². The first-order chi connectivity index (χ1) is 10.6. The molecule has 0 aliphatic carbocycles. The summed E-state index contributed by atoms with van der Waals surface area (Å²) >= 11 is 0. The second-order valence-electron chi connectivity index (χ2n) is 5.53. The molecule has 1 atom stereocenters. The lowest BCUT2D eigenvalue weighted by atomic mass is 10.1. The van der Waals surface area contributed by atoms with Crippen molar-refractivity contribution in [3.63, 3.8) is 0 Å². The molecule has 0 saturated carbocycles. The quantitative estimate of drug-likeness (QED) is 0.943.